The summed E-state index contributed by atoms with van der Waals surface area (Å²) in [4.78, 5) is 0. The van der Waals surface area contributed by atoms with E-state index < -0.39 is 16.0 Å². The normalized spacial score (nSPS) is 15.2. The van der Waals surface area contributed by atoms with Crippen LogP contribution in [0, 0.1) is 0 Å². The van der Waals surface area contributed by atoms with E-state index in [0.717, 1.165) is 6.42 Å². The molecule has 1 aromatic carbocycles. The Morgan fingerprint density at radius 3 is 2.23 bits per heavy atom. The van der Waals surface area contributed by atoms with Gasteiger partial charge in [0.15, 0.2) is 11.5 Å². The minimum Gasteiger partial charge on any atom is -0.504 e. The van der Waals surface area contributed by atoms with Crippen LogP contribution in [0.4, 0.5) is 0 Å². The van der Waals surface area contributed by atoms with Crippen molar-refractivity contribution < 1.29 is 9.84 Å². The molecule has 0 heterocycles. The lowest BCUT2D eigenvalue weighted by molar-refractivity contribution is 0.298. The molecule has 3 nitrogen and oxygen atoms in total. The van der Waals surface area contributed by atoms with E-state index in [1.54, 1.807) is 26.0 Å². The van der Waals surface area contributed by atoms with Gasteiger partial charge in [0.1, 0.15) is 0 Å². The fourth-order valence-electron chi connectivity index (χ4n) is 2.06. The standard InChI is InChI=1S/C14H18B5NO2/c1-4-7-22-11-8-9(5-6-10(11)21)14(18,19)12(2,15)20-13(3,16)17/h5-6,8,20-21H,4,7H2,1-3H3. The molecule has 10 radical (unpaired) electrons. The lowest BCUT2D eigenvalue weighted by Crippen LogP contribution is -2.67. The molecule has 0 aliphatic heterocycles. The molecular formula is C14H18B5NO2. The molecule has 0 saturated carbocycles. The average molecular weight is 286 g/mol. The molecule has 0 saturated heterocycles. The van der Waals surface area contributed by atoms with Crippen molar-refractivity contribution in [3.05, 3.63) is 23.8 Å². The first kappa shape index (κ1) is 19.2. The summed E-state index contributed by atoms with van der Waals surface area (Å²) in [5, 5.41) is 9.85. The van der Waals surface area contributed by atoms with Gasteiger partial charge >= 0.3 is 0 Å². The maximum atomic E-state index is 9.82. The maximum Gasteiger partial charge on any atom is 0.161 e. The average Bonchev–Trinajstić information content (AvgIpc) is 2.34. The van der Waals surface area contributed by atoms with Crippen LogP contribution in [0.25, 0.3) is 0 Å². The molecule has 1 atom stereocenters. The number of hydrogen-bond donors (Lipinski definition) is 2. The van der Waals surface area contributed by atoms with Crippen LogP contribution in [0.3, 0.4) is 0 Å². The second-order valence-electron chi connectivity index (χ2n) is 6.01. The maximum absolute atomic E-state index is 9.82. The van der Waals surface area contributed by atoms with Crippen molar-refractivity contribution in [2.24, 2.45) is 0 Å². The van der Waals surface area contributed by atoms with Crippen molar-refractivity contribution in [1.82, 2.24) is 5.32 Å². The number of aromatic hydroxyl groups is 1. The summed E-state index contributed by atoms with van der Waals surface area (Å²) in [6, 6.07) is 4.59. The minimum atomic E-state index is -1.51. The molecule has 0 spiro atoms. The van der Waals surface area contributed by atoms with Gasteiger partial charge in [-0.3, -0.25) is 0 Å². The van der Waals surface area contributed by atoms with Gasteiger partial charge < -0.3 is 15.2 Å². The molecule has 2 N–H and O–H groups in total. The van der Waals surface area contributed by atoms with Gasteiger partial charge in [-0.15, -0.1) is 0 Å². The summed E-state index contributed by atoms with van der Waals surface area (Å²) in [5.41, 5.74) is -0.845. The molecule has 106 valence electrons. The molecule has 22 heavy (non-hydrogen) atoms. The van der Waals surface area contributed by atoms with Gasteiger partial charge in [-0.1, -0.05) is 43.0 Å². The third-order valence-corrected chi connectivity index (χ3v) is 3.29. The highest BCUT2D eigenvalue weighted by Crippen LogP contribution is 2.35. The lowest BCUT2D eigenvalue weighted by atomic mass is 9.37. The van der Waals surface area contributed by atoms with Gasteiger partial charge in [0.2, 0.25) is 0 Å². The van der Waals surface area contributed by atoms with Crippen molar-refractivity contribution in [3.8, 4) is 11.5 Å². The van der Waals surface area contributed by atoms with Crippen LogP contribution in [0.15, 0.2) is 18.2 Å². The second kappa shape index (κ2) is 6.70. The SMILES string of the molecule is [B]C([B])(C)NC([B])(C)C([B])([B])c1ccc(O)c(OCCC)c1. The molecule has 1 unspecified atom stereocenters. The number of phenols is 1. The van der Waals surface area contributed by atoms with Gasteiger partial charge in [-0.25, -0.2) is 0 Å². The van der Waals surface area contributed by atoms with Crippen LogP contribution in [-0.2, 0) is 5.21 Å². The van der Waals surface area contributed by atoms with Crippen LogP contribution in [0.1, 0.15) is 32.8 Å². The summed E-state index contributed by atoms with van der Waals surface area (Å²) in [6.45, 7) is 5.55. The largest absolute Gasteiger partial charge is 0.504 e. The molecule has 8 heteroatoms. The van der Waals surface area contributed by atoms with E-state index in [0.29, 0.717) is 17.9 Å². The number of nitrogens with one attached hydrogen (secondary N) is 1. The Balaban J connectivity index is 3.16. The predicted octanol–water partition coefficient (Wildman–Crippen LogP) is 0.156. The Kier molecular flexibility index (Phi) is 5.83. The molecule has 1 rings (SSSR count). The summed E-state index contributed by atoms with van der Waals surface area (Å²) >= 11 is 0. The molecule has 0 aromatic heterocycles. The topological polar surface area (TPSA) is 41.5 Å². The van der Waals surface area contributed by atoms with Crippen LogP contribution >= 0.6 is 0 Å². The van der Waals surface area contributed by atoms with Gasteiger partial charge in [0.05, 0.1) is 45.8 Å². The van der Waals surface area contributed by atoms with Crippen LogP contribution in [0.5, 0.6) is 11.5 Å². The van der Waals surface area contributed by atoms with Crippen LogP contribution in [-0.4, -0.2) is 61.7 Å². The summed E-state index contributed by atoms with van der Waals surface area (Å²) in [5.74, 6) is 0.292. The van der Waals surface area contributed by atoms with E-state index in [1.807, 2.05) is 6.92 Å². The Hall–Kier alpha value is -0.895. The lowest BCUT2D eigenvalue weighted by Gasteiger charge is -2.49. The van der Waals surface area contributed by atoms with E-state index in [-0.39, 0.29) is 5.75 Å². The first-order valence-corrected chi connectivity index (χ1v) is 7.10. The van der Waals surface area contributed by atoms with Gasteiger partial charge in [-0.2, -0.15) is 0 Å². The Bertz CT molecular complexity index is 514. The van der Waals surface area contributed by atoms with Crippen molar-refractivity contribution in [2.75, 3.05) is 6.61 Å². The summed E-state index contributed by atoms with van der Waals surface area (Å²) < 4.78 is 5.46. The van der Waals surface area contributed by atoms with Gasteiger partial charge in [-0.05, 0) is 24.0 Å². The fraction of sp³-hybridized carbons (Fsp3) is 0.571. The van der Waals surface area contributed by atoms with E-state index in [4.69, 9.17) is 44.0 Å². The third kappa shape index (κ3) is 4.55. The van der Waals surface area contributed by atoms with Gasteiger partial charge in [0.25, 0.3) is 0 Å². The van der Waals surface area contributed by atoms with Crippen molar-refractivity contribution in [3.63, 3.8) is 0 Å². The molecule has 0 fully saturated rings. The number of phenolic OH excluding ortho intramolecular Hbond substituents is 1. The Morgan fingerprint density at radius 1 is 1.14 bits per heavy atom. The monoisotopic (exact) mass is 287 g/mol. The first-order valence-electron chi connectivity index (χ1n) is 7.10. The molecule has 1 aromatic rings. The van der Waals surface area contributed by atoms with E-state index in [9.17, 15) is 5.11 Å². The van der Waals surface area contributed by atoms with E-state index in [1.165, 1.54) is 6.07 Å². The predicted molar refractivity (Wildman–Crippen MR) is 94.3 cm³/mol. The van der Waals surface area contributed by atoms with Crippen LogP contribution in [0.2, 0.25) is 0 Å². The Morgan fingerprint density at radius 2 is 1.73 bits per heavy atom. The highest BCUT2D eigenvalue weighted by molar-refractivity contribution is 6.46. The number of rotatable bonds is 7. The minimum absolute atomic E-state index is 0.00201. The zero-order chi connectivity index (χ0) is 17.2. The molecule has 0 aliphatic rings. The number of ether oxygens (including phenoxy) is 1. The van der Waals surface area contributed by atoms with Crippen molar-refractivity contribution >= 4 is 39.2 Å². The smallest absolute Gasteiger partial charge is 0.161 e. The Labute approximate surface area is 140 Å². The third-order valence-electron chi connectivity index (χ3n) is 3.29. The first-order chi connectivity index (χ1) is 9.90. The highest BCUT2D eigenvalue weighted by atomic mass is 16.5. The molecule has 0 amide bonds. The quantitative estimate of drug-likeness (QED) is 0.702. The van der Waals surface area contributed by atoms with E-state index >= 15 is 0 Å². The van der Waals surface area contributed by atoms with Crippen molar-refractivity contribution in [1.29, 1.82) is 0 Å². The second-order valence-corrected chi connectivity index (χ2v) is 6.01. The van der Waals surface area contributed by atoms with E-state index in [2.05, 4.69) is 5.32 Å². The molecule has 0 bridgehead atoms. The zero-order valence-corrected chi connectivity index (χ0v) is 13.4. The highest BCUT2D eigenvalue weighted by Gasteiger charge is 2.38. The number of hydrogen-bond acceptors (Lipinski definition) is 3. The fourth-order valence-corrected chi connectivity index (χ4v) is 2.06. The summed E-state index contributed by atoms with van der Waals surface area (Å²) in [7, 11) is 30.1. The molecule has 0 aliphatic carbocycles. The summed E-state index contributed by atoms with van der Waals surface area (Å²) in [6.07, 6.45) is 0.801. The van der Waals surface area contributed by atoms with Crippen LogP contribution < -0.4 is 10.1 Å². The number of benzene rings is 1. The molecular weight excluding hydrogens is 268 g/mol. The zero-order valence-electron chi connectivity index (χ0n) is 13.4. The van der Waals surface area contributed by atoms with Crippen molar-refractivity contribution in [2.45, 2.75) is 43.2 Å². The van der Waals surface area contributed by atoms with Gasteiger partial charge in [0, 0.05) is 0 Å².